The normalized spacial score (nSPS) is 20.4. The van der Waals surface area contributed by atoms with Gasteiger partial charge in [-0.1, -0.05) is 24.4 Å². The summed E-state index contributed by atoms with van der Waals surface area (Å²) in [7, 11) is 0. The third-order valence-corrected chi connectivity index (χ3v) is 7.57. The molecule has 3 aromatic heterocycles. The van der Waals surface area contributed by atoms with Gasteiger partial charge in [-0.2, -0.15) is 0 Å². The van der Waals surface area contributed by atoms with Crippen LogP contribution in [-0.4, -0.2) is 16.0 Å². The predicted molar refractivity (Wildman–Crippen MR) is 113 cm³/mol. The van der Waals surface area contributed by atoms with Crippen LogP contribution in [0.2, 0.25) is 5.15 Å². The first-order chi connectivity index (χ1) is 12.6. The summed E-state index contributed by atoms with van der Waals surface area (Å²) in [6.07, 6.45) is 8.29. The highest BCUT2D eigenvalue weighted by atomic mass is 79.9. The fourth-order valence-corrected chi connectivity index (χ4v) is 6.06. The second kappa shape index (κ2) is 7.80. The number of rotatable bonds is 4. The number of hydrogen-bond acceptors (Lipinski definition) is 5. The molecule has 4 rings (SSSR count). The van der Waals surface area contributed by atoms with Gasteiger partial charge in [0, 0.05) is 41.8 Å². The van der Waals surface area contributed by atoms with Gasteiger partial charge in [0.2, 0.25) is 0 Å². The number of hydrogen-bond donors (Lipinski definition) is 2. The Morgan fingerprint density at radius 3 is 2.81 bits per heavy atom. The average Bonchev–Trinajstić information content (AvgIpc) is 2.98. The maximum Gasteiger partial charge on any atom is 0.131 e. The van der Waals surface area contributed by atoms with Crippen LogP contribution < -0.4 is 11.1 Å². The largest absolute Gasteiger partial charge is 0.380 e. The molecule has 4 nitrogen and oxygen atoms in total. The first-order valence-electron chi connectivity index (χ1n) is 8.80. The number of thiophene rings is 1. The van der Waals surface area contributed by atoms with E-state index in [1.807, 2.05) is 18.2 Å². The lowest BCUT2D eigenvalue weighted by molar-refractivity contribution is 0.389. The topological polar surface area (TPSA) is 63.8 Å². The zero-order valence-electron chi connectivity index (χ0n) is 14.2. The minimum Gasteiger partial charge on any atom is -0.380 e. The van der Waals surface area contributed by atoms with Gasteiger partial charge in [-0.3, -0.25) is 4.98 Å². The lowest BCUT2D eigenvalue weighted by Gasteiger charge is -2.28. The van der Waals surface area contributed by atoms with Crippen LogP contribution in [0.15, 0.2) is 35.1 Å². The molecular formula is C19H20BrClN4S. The Morgan fingerprint density at radius 2 is 2.04 bits per heavy atom. The zero-order valence-corrected chi connectivity index (χ0v) is 17.4. The van der Waals surface area contributed by atoms with Crippen LogP contribution in [0.5, 0.6) is 0 Å². The van der Waals surface area contributed by atoms with Crippen LogP contribution in [0, 0.1) is 0 Å². The standard InChI is InChI=1S/C19H20BrClN4S/c20-16-17-19(26-18(16)12-3-1-2-4-13(12)22)14(9-15(21)25-17)24-10-11-5-7-23-8-6-11/h5-9,12-13H,1-4,10,22H2,(H,24,25)/t12-,13-/m1/s1. The maximum atomic E-state index is 6.42. The number of aromatic nitrogens is 2. The van der Waals surface area contributed by atoms with Crippen LogP contribution in [0.1, 0.15) is 42.0 Å². The van der Waals surface area contributed by atoms with E-state index in [9.17, 15) is 0 Å². The fraction of sp³-hybridized carbons (Fsp3) is 0.368. The Labute approximate surface area is 170 Å². The Hall–Kier alpha value is -1.21. The van der Waals surface area contributed by atoms with Gasteiger partial charge in [-0.25, -0.2) is 4.98 Å². The molecule has 1 saturated carbocycles. The highest BCUT2D eigenvalue weighted by molar-refractivity contribution is 9.10. The van der Waals surface area contributed by atoms with Crippen molar-refractivity contribution in [2.45, 2.75) is 44.2 Å². The van der Waals surface area contributed by atoms with E-state index in [4.69, 9.17) is 17.3 Å². The van der Waals surface area contributed by atoms with Crippen molar-refractivity contribution in [1.82, 2.24) is 9.97 Å². The van der Waals surface area contributed by atoms with Crippen LogP contribution in [-0.2, 0) is 6.54 Å². The van der Waals surface area contributed by atoms with Crippen LogP contribution in [0.25, 0.3) is 10.2 Å². The van der Waals surface area contributed by atoms with Crippen molar-refractivity contribution in [2.75, 3.05) is 5.32 Å². The molecule has 0 radical (unpaired) electrons. The number of nitrogens with one attached hydrogen (secondary N) is 1. The summed E-state index contributed by atoms with van der Waals surface area (Å²) in [5.74, 6) is 0.393. The van der Waals surface area contributed by atoms with Crippen LogP contribution in [0.4, 0.5) is 5.69 Å². The molecule has 26 heavy (non-hydrogen) atoms. The third-order valence-electron chi connectivity index (χ3n) is 4.97. The summed E-state index contributed by atoms with van der Waals surface area (Å²) in [5, 5.41) is 4.00. The lowest BCUT2D eigenvalue weighted by atomic mass is 9.84. The molecule has 3 N–H and O–H groups in total. The molecule has 1 aliphatic rings. The average molecular weight is 452 g/mol. The summed E-state index contributed by atoms with van der Waals surface area (Å²) in [4.78, 5) is 9.93. The van der Waals surface area contributed by atoms with E-state index < -0.39 is 0 Å². The molecule has 3 aromatic rings. The SMILES string of the molecule is N[C@@H]1CCCC[C@H]1c1sc2c(NCc3ccncc3)cc(Cl)nc2c1Br. The van der Waals surface area contributed by atoms with E-state index in [0.717, 1.165) is 33.2 Å². The Kier molecular flexibility index (Phi) is 5.45. The second-order valence-electron chi connectivity index (χ2n) is 6.71. The summed E-state index contributed by atoms with van der Waals surface area (Å²) in [6, 6.07) is 6.13. The van der Waals surface area contributed by atoms with Crippen molar-refractivity contribution in [3.63, 3.8) is 0 Å². The molecule has 0 unspecified atom stereocenters. The van der Waals surface area contributed by atoms with Gasteiger partial charge in [-0.05, 0) is 46.5 Å². The highest BCUT2D eigenvalue weighted by Gasteiger charge is 2.28. The number of pyridine rings is 2. The molecule has 0 spiro atoms. The molecule has 3 heterocycles. The van der Waals surface area contributed by atoms with Crippen LogP contribution >= 0.6 is 38.9 Å². The number of nitrogens with zero attached hydrogens (tertiary/aromatic N) is 2. The first kappa shape index (κ1) is 18.2. The quantitative estimate of drug-likeness (QED) is 0.499. The molecular weight excluding hydrogens is 432 g/mol. The Morgan fingerprint density at radius 1 is 1.27 bits per heavy atom. The number of anilines is 1. The van der Waals surface area contributed by atoms with Crippen LogP contribution in [0.3, 0.4) is 0 Å². The van der Waals surface area contributed by atoms with E-state index >= 15 is 0 Å². The van der Waals surface area contributed by atoms with Gasteiger partial charge in [0.05, 0.1) is 20.4 Å². The van der Waals surface area contributed by atoms with Gasteiger partial charge >= 0.3 is 0 Å². The molecule has 0 aromatic carbocycles. The van der Waals surface area contributed by atoms with E-state index in [-0.39, 0.29) is 6.04 Å². The highest BCUT2D eigenvalue weighted by Crippen LogP contribution is 2.46. The van der Waals surface area contributed by atoms with Crippen molar-refractivity contribution < 1.29 is 0 Å². The number of nitrogens with two attached hydrogens (primary N) is 1. The molecule has 1 fully saturated rings. The maximum absolute atomic E-state index is 6.42. The molecule has 0 saturated heterocycles. The summed E-state index contributed by atoms with van der Waals surface area (Å²) in [5.41, 5.74) is 9.53. The minimum atomic E-state index is 0.219. The van der Waals surface area contributed by atoms with Crippen molar-refractivity contribution in [2.24, 2.45) is 5.73 Å². The van der Waals surface area contributed by atoms with Gasteiger partial charge in [0.15, 0.2) is 0 Å². The molecule has 0 amide bonds. The number of fused-ring (bicyclic) bond motifs is 1. The lowest BCUT2D eigenvalue weighted by Crippen LogP contribution is -2.30. The summed E-state index contributed by atoms with van der Waals surface area (Å²) < 4.78 is 2.18. The number of halogens is 2. The van der Waals surface area contributed by atoms with Crippen molar-refractivity contribution in [1.29, 1.82) is 0 Å². The van der Waals surface area contributed by atoms with Gasteiger partial charge < -0.3 is 11.1 Å². The zero-order chi connectivity index (χ0) is 18.1. The molecule has 0 aliphatic heterocycles. The van der Waals surface area contributed by atoms with Gasteiger partial charge in [0.25, 0.3) is 0 Å². The summed E-state index contributed by atoms with van der Waals surface area (Å²) in [6.45, 7) is 0.714. The third kappa shape index (κ3) is 3.60. The molecule has 136 valence electrons. The Balaban J connectivity index is 1.70. The second-order valence-corrected chi connectivity index (χ2v) is 8.95. The Bertz CT molecular complexity index is 915. The van der Waals surface area contributed by atoms with E-state index in [1.54, 1.807) is 23.7 Å². The molecule has 7 heteroatoms. The molecule has 2 atom stereocenters. The van der Waals surface area contributed by atoms with Gasteiger partial charge in [-0.15, -0.1) is 11.3 Å². The first-order valence-corrected chi connectivity index (χ1v) is 10.8. The van der Waals surface area contributed by atoms with E-state index in [0.29, 0.717) is 17.6 Å². The van der Waals surface area contributed by atoms with E-state index in [1.165, 1.54) is 23.3 Å². The van der Waals surface area contributed by atoms with Crippen molar-refractivity contribution in [3.8, 4) is 0 Å². The monoisotopic (exact) mass is 450 g/mol. The molecule has 0 bridgehead atoms. The van der Waals surface area contributed by atoms with Crippen molar-refractivity contribution in [3.05, 3.63) is 50.7 Å². The molecule has 1 aliphatic carbocycles. The fourth-order valence-electron chi connectivity index (χ4n) is 3.58. The van der Waals surface area contributed by atoms with Crippen molar-refractivity contribution >= 4 is 54.8 Å². The smallest absolute Gasteiger partial charge is 0.131 e. The predicted octanol–water partition coefficient (Wildman–Crippen LogP) is 5.70. The van der Waals surface area contributed by atoms with Gasteiger partial charge in [0.1, 0.15) is 5.15 Å². The minimum absolute atomic E-state index is 0.219. The summed E-state index contributed by atoms with van der Waals surface area (Å²) >= 11 is 11.9. The van der Waals surface area contributed by atoms with E-state index in [2.05, 4.69) is 31.2 Å².